The highest BCUT2D eigenvalue weighted by Gasteiger charge is 2.44. The number of imide groups is 1. The number of carbonyl (C=O) groups excluding carboxylic acids is 2. The van der Waals surface area contributed by atoms with E-state index in [2.05, 4.69) is 4.90 Å². The van der Waals surface area contributed by atoms with Gasteiger partial charge in [-0.05, 0) is 32.0 Å². The molecular weight excluding hydrogens is 332 g/mol. The minimum Gasteiger partial charge on any atom is -0.495 e. The van der Waals surface area contributed by atoms with E-state index in [1.165, 1.54) is 25.5 Å². The summed E-state index contributed by atoms with van der Waals surface area (Å²) in [6.07, 6.45) is 3.51. The SMILES string of the molecule is COc1cc(OC)c(N2C(=O)C[C@H](N3CCCCC3)C2=O)cc1Cl. The Hall–Kier alpha value is -1.79. The van der Waals surface area contributed by atoms with Crippen LogP contribution in [0.25, 0.3) is 0 Å². The molecule has 6 nitrogen and oxygen atoms in total. The molecule has 0 bridgehead atoms. The second-order valence-corrected chi connectivity index (χ2v) is 6.45. The van der Waals surface area contributed by atoms with Crippen molar-refractivity contribution in [3.63, 3.8) is 0 Å². The number of hydrogen-bond donors (Lipinski definition) is 0. The summed E-state index contributed by atoms with van der Waals surface area (Å²) >= 11 is 6.18. The number of piperidine rings is 1. The number of methoxy groups -OCH3 is 2. The van der Waals surface area contributed by atoms with Crippen molar-refractivity contribution < 1.29 is 19.1 Å². The molecule has 2 heterocycles. The normalized spacial score (nSPS) is 22.1. The van der Waals surface area contributed by atoms with Crippen molar-refractivity contribution in [2.24, 2.45) is 0 Å². The van der Waals surface area contributed by atoms with Gasteiger partial charge in [0.2, 0.25) is 5.91 Å². The summed E-state index contributed by atoms with van der Waals surface area (Å²) < 4.78 is 10.5. The maximum Gasteiger partial charge on any atom is 0.251 e. The largest absolute Gasteiger partial charge is 0.495 e. The Kier molecular flexibility index (Phi) is 4.96. The van der Waals surface area contributed by atoms with Gasteiger partial charge in [0.05, 0.1) is 37.4 Å². The average Bonchev–Trinajstić information content (AvgIpc) is 2.90. The Labute approximate surface area is 146 Å². The van der Waals surface area contributed by atoms with E-state index < -0.39 is 0 Å². The van der Waals surface area contributed by atoms with E-state index in [1.807, 2.05) is 0 Å². The van der Waals surface area contributed by atoms with Crippen LogP contribution in [-0.4, -0.2) is 50.1 Å². The highest BCUT2D eigenvalue weighted by atomic mass is 35.5. The van der Waals surface area contributed by atoms with Gasteiger partial charge in [-0.2, -0.15) is 0 Å². The van der Waals surface area contributed by atoms with Crippen LogP contribution in [0.4, 0.5) is 5.69 Å². The topological polar surface area (TPSA) is 59.1 Å². The standard InChI is InChI=1S/C17H21ClN2O4/c1-23-14-10-15(24-2)12(8-11(14)18)20-16(21)9-13(17(20)22)19-6-4-3-5-7-19/h8,10,13H,3-7,9H2,1-2H3/t13-/m0/s1. The lowest BCUT2D eigenvalue weighted by molar-refractivity contribution is -0.123. The van der Waals surface area contributed by atoms with Crippen LogP contribution in [0.5, 0.6) is 11.5 Å². The summed E-state index contributed by atoms with van der Waals surface area (Å²) in [6, 6.07) is 2.75. The third kappa shape index (κ3) is 2.96. The van der Waals surface area contributed by atoms with Crippen LogP contribution in [0.15, 0.2) is 12.1 Å². The molecule has 2 saturated heterocycles. The molecule has 0 spiro atoms. The maximum absolute atomic E-state index is 12.9. The first-order valence-corrected chi connectivity index (χ1v) is 8.47. The molecular formula is C17H21ClN2O4. The summed E-state index contributed by atoms with van der Waals surface area (Å²) in [7, 11) is 2.98. The highest BCUT2D eigenvalue weighted by Crippen LogP contribution is 2.40. The van der Waals surface area contributed by atoms with Crippen LogP contribution in [0.2, 0.25) is 5.02 Å². The second-order valence-electron chi connectivity index (χ2n) is 6.04. The lowest BCUT2D eigenvalue weighted by atomic mass is 10.1. The predicted octanol–water partition coefficient (Wildman–Crippen LogP) is 2.48. The third-order valence-electron chi connectivity index (χ3n) is 4.65. The van der Waals surface area contributed by atoms with E-state index in [-0.39, 0.29) is 24.3 Å². The van der Waals surface area contributed by atoms with Gasteiger partial charge in [0.1, 0.15) is 11.5 Å². The smallest absolute Gasteiger partial charge is 0.251 e. The zero-order valence-corrected chi connectivity index (χ0v) is 14.6. The van der Waals surface area contributed by atoms with Gasteiger partial charge in [0.15, 0.2) is 0 Å². The average molecular weight is 353 g/mol. The number of nitrogens with zero attached hydrogens (tertiary/aromatic N) is 2. The van der Waals surface area contributed by atoms with Gasteiger partial charge in [0, 0.05) is 6.07 Å². The van der Waals surface area contributed by atoms with E-state index in [0.717, 1.165) is 25.9 Å². The minimum absolute atomic E-state index is 0.200. The molecule has 7 heteroatoms. The zero-order valence-electron chi connectivity index (χ0n) is 13.9. The summed E-state index contributed by atoms with van der Waals surface area (Å²) in [4.78, 5) is 28.7. The Morgan fingerprint density at radius 3 is 2.33 bits per heavy atom. The van der Waals surface area contributed by atoms with Crippen molar-refractivity contribution >= 4 is 29.1 Å². The Balaban J connectivity index is 1.93. The van der Waals surface area contributed by atoms with Gasteiger partial charge < -0.3 is 9.47 Å². The molecule has 2 aliphatic rings. The molecule has 3 rings (SSSR count). The number of rotatable bonds is 4. The van der Waals surface area contributed by atoms with Crippen molar-refractivity contribution in [1.82, 2.24) is 4.90 Å². The summed E-state index contributed by atoms with van der Waals surface area (Å²) in [5.74, 6) is 0.387. The predicted molar refractivity (Wildman–Crippen MR) is 90.9 cm³/mol. The van der Waals surface area contributed by atoms with Gasteiger partial charge >= 0.3 is 0 Å². The van der Waals surface area contributed by atoms with Crippen LogP contribution in [0.1, 0.15) is 25.7 Å². The second kappa shape index (κ2) is 6.99. The summed E-state index contributed by atoms with van der Waals surface area (Å²) in [6.45, 7) is 1.72. The Morgan fingerprint density at radius 1 is 1.04 bits per heavy atom. The first-order valence-electron chi connectivity index (χ1n) is 8.09. The molecule has 24 heavy (non-hydrogen) atoms. The Bertz CT molecular complexity index is 658. The number of anilines is 1. The Morgan fingerprint density at radius 2 is 1.71 bits per heavy atom. The molecule has 0 unspecified atom stereocenters. The first-order chi connectivity index (χ1) is 11.6. The molecule has 0 saturated carbocycles. The van der Waals surface area contributed by atoms with Crippen molar-refractivity contribution in [2.45, 2.75) is 31.7 Å². The molecule has 1 atom stereocenters. The molecule has 1 aromatic rings. The van der Waals surface area contributed by atoms with Gasteiger partial charge in [-0.3, -0.25) is 14.5 Å². The minimum atomic E-state index is -0.386. The molecule has 0 aromatic heterocycles. The zero-order chi connectivity index (χ0) is 17.3. The third-order valence-corrected chi connectivity index (χ3v) is 4.94. The van der Waals surface area contributed by atoms with Crippen LogP contribution >= 0.6 is 11.6 Å². The van der Waals surface area contributed by atoms with Crippen LogP contribution in [-0.2, 0) is 9.59 Å². The summed E-state index contributed by atoms with van der Waals surface area (Å²) in [5.41, 5.74) is 0.373. The van der Waals surface area contributed by atoms with E-state index >= 15 is 0 Å². The molecule has 130 valence electrons. The molecule has 0 radical (unpaired) electrons. The van der Waals surface area contributed by atoms with E-state index in [1.54, 1.807) is 12.1 Å². The van der Waals surface area contributed by atoms with Crippen molar-refractivity contribution in [1.29, 1.82) is 0 Å². The number of hydrogen-bond acceptors (Lipinski definition) is 5. The van der Waals surface area contributed by atoms with Crippen molar-refractivity contribution in [3.8, 4) is 11.5 Å². The van der Waals surface area contributed by atoms with Gasteiger partial charge in [-0.15, -0.1) is 0 Å². The lowest BCUT2D eigenvalue weighted by Crippen LogP contribution is -2.44. The number of likely N-dealkylation sites (tertiary alicyclic amines) is 1. The quantitative estimate of drug-likeness (QED) is 0.779. The highest BCUT2D eigenvalue weighted by molar-refractivity contribution is 6.33. The van der Waals surface area contributed by atoms with Gasteiger partial charge in [-0.1, -0.05) is 18.0 Å². The van der Waals surface area contributed by atoms with Crippen LogP contribution in [0, 0.1) is 0 Å². The van der Waals surface area contributed by atoms with Gasteiger partial charge in [0.25, 0.3) is 5.91 Å². The van der Waals surface area contributed by atoms with Crippen LogP contribution < -0.4 is 14.4 Å². The fourth-order valence-corrected chi connectivity index (χ4v) is 3.64. The molecule has 0 N–H and O–H groups in total. The molecule has 1 aromatic carbocycles. The maximum atomic E-state index is 12.9. The summed E-state index contributed by atoms with van der Waals surface area (Å²) in [5, 5.41) is 0.329. The number of ether oxygens (including phenoxy) is 2. The molecule has 2 aliphatic heterocycles. The van der Waals surface area contributed by atoms with E-state index in [0.29, 0.717) is 22.2 Å². The number of amides is 2. The number of benzene rings is 1. The lowest BCUT2D eigenvalue weighted by Gasteiger charge is -2.30. The molecule has 2 amide bonds. The fourth-order valence-electron chi connectivity index (χ4n) is 3.40. The van der Waals surface area contributed by atoms with Crippen molar-refractivity contribution in [2.75, 3.05) is 32.2 Å². The van der Waals surface area contributed by atoms with E-state index in [4.69, 9.17) is 21.1 Å². The number of carbonyl (C=O) groups is 2. The molecule has 0 aliphatic carbocycles. The van der Waals surface area contributed by atoms with Crippen molar-refractivity contribution in [3.05, 3.63) is 17.2 Å². The fraction of sp³-hybridized carbons (Fsp3) is 0.529. The van der Waals surface area contributed by atoms with Gasteiger partial charge in [-0.25, -0.2) is 4.90 Å². The molecule has 2 fully saturated rings. The van der Waals surface area contributed by atoms with E-state index in [9.17, 15) is 9.59 Å². The van der Waals surface area contributed by atoms with Crippen LogP contribution in [0.3, 0.4) is 0 Å². The number of halogens is 1. The first kappa shape index (κ1) is 17.0. The monoisotopic (exact) mass is 352 g/mol.